The molecular formula is C35H40F3N5O6. The van der Waals surface area contributed by atoms with Gasteiger partial charge in [-0.25, -0.2) is 0 Å². The van der Waals surface area contributed by atoms with Gasteiger partial charge in [0.25, 0.3) is 5.91 Å². The molecule has 0 saturated heterocycles. The van der Waals surface area contributed by atoms with E-state index in [9.17, 15) is 42.3 Å². The number of nitrogens with one attached hydrogen (secondary N) is 4. The smallest absolute Gasteiger partial charge is 0.382 e. The van der Waals surface area contributed by atoms with Crippen LogP contribution in [0.3, 0.4) is 0 Å². The van der Waals surface area contributed by atoms with E-state index in [1.165, 1.54) is 6.92 Å². The van der Waals surface area contributed by atoms with E-state index in [1.54, 1.807) is 68.4 Å². The van der Waals surface area contributed by atoms with Crippen molar-refractivity contribution in [3.8, 4) is 11.1 Å². The Morgan fingerprint density at radius 1 is 0.714 bits per heavy atom. The average molecular weight is 684 g/mol. The van der Waals surface area contributed by atoms with Crippen LogP contribution in [0.4, 0.5) is 13.2 Å². The Hall–Kier alpha value is -5.24. The first kappa shape index (κ1) is 38.2. The van der Waals surface area contributed by atoms with Gasteiger partial charge in [-0.15, -0.1) is 0 Å². The second-order valence-electron chi connectivity index (χ2n) is 11.8. The summed E-state index contributed by atoms with van der Waals surface area (Å²) in [4.78, 5) is 64.2. The number of rotatable bonds is 15. The number of hydrogen-bond donors (Lipinski definition) is 6. The summed E-state index contributed by atoms with van der Waals surface area (Å²) in [6.07, 6.45) is -9.27. The molecule has 3 aromatic rings. The molecule has 49 heavy (non-hydrogen) atoms. The van der Waals surface area contributed by atoms with Gasteiger partial charge in [0, 0.05) is 12.0 Å². The largest absolute Gasteiger partial charge is 0.416 e. The zero-order valence-corrected chi connectivity index (χ0v) is 27.2. The molecule has 0 aromatic heterocycles. The molecule has 0 aliphatic heterocycles. The predicted molar refractivity (Wildman–Crippen MR) is 175 cm³/mol. The monoisotopic (exact) mass is 683 g/mol. The Morgan fingerprint density at radius 3 is 1.80 bits per heavy atom. The highest BCUT2D eigenvalue weighted by Gasteiger charge is 2.44. The predicted octanol–water partition coefficient (Wildman–Crippen LogP) is 3.14. The number of amides is 5. The van der Waals surface area contributed by atoms with Crippen LogP contribution in [0.5, 0.6) is 0 Å². The molecule has 0 heterocycles. The van der Waals surface area contributed by atoms with Crippen LogP contribution in [-0.2, 0) is 19.2 Å². The highest BCUT2D eigenvalue weighted by Crippen LogP contribution is 2.25. The summed E-state index contributed by atoms with van der Waals surface area (Å²) in [5.41, 5.74) is 7.51. The number of primary amides is 1. The minimum absolute atomic E-state index is 0.306. The van der Waals surface area contributed by atoms with Gasteiger partial charge in [0.15, 0.2) is 6.10 Å². The Kier molecular flexibility index (Phi) is 13.4. The lowest BCUT2D eigenvalue weighted by molar-refractivity contribution is -0.212. The van der Waals surface area contributed by atoms with Crippen molar-refractivity contribution in [2.45, 2.75) is 70.1 Å². The van der Waals surface area contributed by atoms with Gasteiger partial charge < -0.3 is 32.1 Å². The highest BCUT2D eigenvalue weighted by atomic mass is 19.4. The standard InChI is InChI=1S/C35H40F3N5O6/c1-20(2)28(42-32(47)25-16-14-23(15-17-25)22-10-6-4-7-11-22)33(48)43-29(24-12-8-5-9-13-24)34(49)40-21(3)31(46)41-26(18-19-27(39)44)30(45)35(36,37)38/h4-17,20-21,26,28-30,45H,18-19H2,1-3H3,(H2,39,44)(H,40,49)(H,41,46)(H,42,47)(H,43,48)/t21-,26?,28-,29-,30?/m0/s1. The molecule has 0 bridgehead atoms. The maximum atomic E-state index is 13.6. The Morgan fingerprint density at radius 2 is 1.27 bits per heavy atom. The van der Waals surface area contributed by atoms with Crippen molar-refractivity contribution in [3.63, 3.8) is 0 Å². The van der Waals surface area contributed by atoms with Crippen LogP contribution in [0.2, 0.25) is 0 Å². The van der Waals surface area contributed by atoms with Crippen molar-refractivity contribution in [1.29, 1.82) is 0 Å². The Balaban J connectivity index is 1.74. The van der Waals surface area contributed by atoms with Crippen LogP contribution in [-0.4, -0.2) is 65.0 Å². The molecule has 5 amide bonds. The third-order valence-corrected chi connectivity index (χ3v) is 7.67. The summed E-state index contributed by atoms with van der Waals surface area (Å²) in [7, 11) is 0. The molecule has 3 aromatic carbocycles. The summed E-state index contributed by atoms with van der Waals surface area (Å²) < 4.78 is 39.7. The lowest BCUT2D eigenvalue weighted by atomic mass is 9.99. The van der Waals surface area contributed by atoms with Crippen molar-refractivity contribution in [1.82, 2.24) is 21.3 Å². The number of alkyl halides is 3. The summed E-state index contributed by atoms with van der Waals surface area (Å²) in [6, 6.07) is 18.6. The molecule has 2 unspecified atom stereocenters. The van der Waals surface area contributed by atoms with E-state index >= 15 is 0 Å². The van der Waals surface area contributed by atoms with E-state index in [0.717, 1.165) is 11.1 Å². The summed E-state index contributed by atoms with van der Waals surface area (Å²) in [5.74, 6) is -4.55. The Bertz CT molecular complexity index is 1590. The topological polar surface area (TPSA) is 180 Å². The number of aliphatic hydroxyl groups is 1. The van der Waals surface area contributed by atoms with Crippen LogP contribution in [0, 0.1) is 5.92 Å². The highest BCUT2D eigenvalue weighted by molar-refractivity contribution is 5.99. The molecule has 5 atom stereocenters. The van der Waals surface area contributed by atoms with Gasteiger partial charge in [-0.3, -0.25) is 24.0 Å². The molecule has 262 valence electrons. The van der Waals surface area contributed by atoms with E-state index in [2.05, 4.69) is 16.0 Å². The number of benzene rings is 3. The third-order valence-electron chi connectivity index (χ3n) is 7.67. The quantitative estimate of drug-likeness (QED) is 0.143. The maximum Gasteiger partial charge on any atom is 0.416 e. The van der Waals surface area contributed by atoms with E-state index in [1.807, 2.05) is 35.6 Å². The number of halogens is 3. The number of carbonyl (C=O) groups is 5. The second kappa shape index (κ2) is 17.2. The molecule has 0 radical (unpaired) electrons. The zero-order chi connectivity index (χ0) is 36.3. The normalized spacial score (nSPS) is 14.4. The lowest BCUT2D eigenvalue weighted by Gasteiger charge is -2.28. The molecule has 14 heteroatoms. The van der Waals surface area contributed by atoms with Gasteiger partial charge in [-0.1, -0.05) is 86.6 Å². The van der Waals surface area contributed by atoms with Gasteiger partial charge in [0.2, 0.25) is 23.6 Å². The van der Waals surface area contributed by atoms with E-state index < -0.39 is 84.7 Å². The number of nitrogens with two attached hydrogens (primary N) is 1. The van der Waals surface area contributed by atoms with Crippen LogP contribution in [0.15, 0.2) is 84.9 Å². The van der Waals surface area contributed by atoms with Gasteiger partial charge in [-0.05, 0) is 48.1 Å². The van der Waals surface area contributed by atoms with Crippen molar-refractivity contribution >= 4 is 29.5 Å². The maximum absolute atomic E-state index is 13.6. The fraction of sp³-hybridized carbons (Fsp3) is 0.343. The van der Waals surface area contributed by atoms with Crippen molar-refractivity contribution < 1.29 is 42.3 Å². The van der Waals surface area contributed by atoms with Crippen molar-refractivity contribution in [3.05, 3.63) is 96.1 Å². The van der Waals surface area contributed by atoms with Crippen LogP contribution >= 0.6 is 0 Å². The summed E-state index contributed by atoms with van der Waals surface area (Å²) in [5, 5.41) is 19.5. The Labute approximate surface area is 281 Å². The molecular weight excluding hydrogens is 643 g/mol. The molecule has 7 N–H and O–H groups in total. The third kappa shape index (κ3) is 11.2. The minimum Gasteiger partial charge on any atom is -0.382 e. The van der Waals surface area contributed by atoms with Crippen molar-refractivity contribution in [2.75, 3.05) is 0 Å². The number of carbonyl (C=O) groups excluding carboxylic acids is 5. The number of hydrogen-bond acceptors (Lipinski definition) is 6. The molecule has 3 rings (SSSR count). The van der Waals surface area contributed by atoms with E-state index in [4.69, 9.17) is 5.73 Å². The van der Waals surface area contributed by atoms with E-state index in [-0.39, 0.29) is 0 Å². The fourth-order valence-corrected chi connectivity index (χ4v) is 4.89. The van der Waals surface area contributed by atoms with Crippen LogP contribution in [0.1, 0.15) is 55.6 Å². The van der Waals surface area contributed by atoms with Crippen molar-refractivity contribution in [2.24, 2.45) is 11.7 Å². The average Bonchev–Trinajstić information content (AvgIpc) is 3.07. The first-order valence-corrected chi connectivity index (χ1v) is 15.5. The second-order valence-corrected chi connectivity index (χ2v) is 11.8. The van der Waals surface area contributed by atoms with Gasteiger partial charge in [0.1, 0.15) is 18.1 Å². The molecule has 11 nitrogen and oxygen atoms in total. The van der Waals surface area contributed by atoms with E-state index in [0.29, 0.717) is 11.1 Å². The first-order valence-electron chi connectivity index (χ1n) is 15.5. The number of aliphatic hydroxyl groups excluding tert-OH is 1. The zero-order valence-electron chi connectivity index (χ0n) is 27.2. The van der Waals surface area contributed by atoms with Gasteiger partial charge in [-0.2, -0.15) is 13.2 Å². The van der Waals surface area contributed by atoms with Gasteiger partial charge in [0.05, 0.1) is 6.04 Å². The molecule has 0 saturated carbocycles. The van der Waals surface area contributed by atoms with Crippen LogP contribution < -0.4 is 27.0 Å². The first-order chi connectivity index (χ1) is 23.1. The summed E-state index contributed by atoms with van der Waals surface area (Å²) in [6.45, 7) is 4.61. The minimum atomic E-state index is -5.11. The van der Waals surface area contributed by atoms with Gasteiger partial charge >= 0.3 is 6.18 Å². The summed E-state index contributed by atoms with van der Waals surface area (Å²) >= 11 is 0. The SMILES string of the molecule is CC(C)[C@H](NC(=O)c1ccc(-c2ccccc2)cc1)C(=O)N[C@H](C(=O)N[C@@H](C)C(=O)NC(CCC(N)=O)C(O)C(F)(F)F)c1ccccc1. The molecule has 0 spiro atoms. The molecule has 0 aliphatic rings. The van der Waals surface area contributed by atoms with Crippen LogP contribution in [0.25, 0.3) is 11.1 Å². The lowest BCUT2D eigenvalue weighted by Crippen LogP contribution is -2.56. The fourth-order valence-electron chi connectivity index (χ4n) is 4.89. The molecule has 0 aliphatic carbocycles. The molecule has 0 fully saturated rings.